The van der Waals surface area contributed by atoms with Crippen LogP contribution in [0.4, 0.5) is 4.79 Å². The Hall–Kier alpha value is -7.20. The summed E-state index contributed by atoms with van der Waals surface area (Å²) in [5, 5.41) is 10.4. The lowest BCUT2D eigenvalue weighted by Gasteiger charge is -2.43. The number of hydrogen-bond acceptors (Lipinski definition) is 13. The topological polar surface area (TPSA) is 190 Å². The van der Waals surface area contributed by atoms with E-state index in [2.05, 4.69) is 0 Å². The zero-order valence-electron chi connectivity index (χ0n) is 37.7. The molecule has 68 heavy (non-hydrogen) atoms. The molecule has 0 saturated carbocycles. The standard InChI is InChI=1S/C53H55NO14/c1-37(55)25-30-44(56)66-46-45(63-34-39-19-9-3-10-20-39)48(67-51(60)43-23-13-5-14-24-43)52(68-47(46)49(57)58)62-32-16-6-15-31-54(33-38-17-7-2-8-18-38)53(61)65-36-41-28-26-40(27-29-41)35-64-50(59)42-21-11-4-12-22-42/h2-5,7-14,17-24,26-29,45-48,52H,6,15-16,25,30-36H2,1H3,(H,57,58)/t45-,46-,47+,48+,52+/m0/s1. The van der Waals surface area contributed by atoms with Crippen LogP contribution < -0.4 is 0 Å². The lowest BCUT2D eigenvalue weighted by molar-refractivity contribution is -0.303. The van der Waals surface area contributed by atoms with Crippen molar-refractivity contribution >= 4 is 35.8 Å². The second-order valence-electron chi connectivity index (χ2n) is 16.1. The van der Waals surface area contributed by atoms with Gasteiger partial charge in [-0.05, 0) is 72.7 Å². The number of Topliss-reactive ketones (excluding diaryl/α,β-unsaturated/α-hetero) is 1. The second kappa shape index (κ2) is 26.2. The molecule has 6 rings (SSSR count). The molecule has 0 spiro atoms. The molecule has 0 bridgehead atoms. The predicted molar refractivity (Wildman–Crippen MR) is 246 cm³/mol. The Kier molecular flexibility index (Phi) is 19.4. The summed E-state index contributed by atoms with van der Waals surface area (Å²) in [6.07, 6.45) is -7.11. The van der Waals surface area contributed by atoms with Crippen LogP contribution in [0.1, 0.15) is 82.0 Å². The van der Waals surface area contributed by atoms with Crippen molar-refractivity contribution in [2.24, 2.45) is 0 Å². The number of carbonyl (C=O) groups excluding carboxylic acids is 5. The van der Waals surface area contributed by atoms with E-state index in [4.69, 9.17) is 33.2 Å². The number of benzene rings is 5. The minimum absolute atomic E-state index is 0.0192. The molecule has 1 aliphatic rings. The molecule has 0 aliphatic carbocycles. The van der Waals surface area contributed by atoms with Gasteiger partial charge in [0.05, 0.1) is 24.2 Å². The number of nitrogens with zero attached hydrogens (tertiary/aromatic N) is 1. The molecule has 1 fully saturated rings. The molecule has 1 amide bonds. The number of ether oxygens (including phenoxy) is 7. The van der Waals surface area contributed by atoms with E-state index in [9.17, 15) is 33.9 Å². The third kappa shape index (κ3) is 15.7. The molecule has 356 valence electrons. The molecule has 1 saturated heterocycles. The molecule has 0 radical (unpaired) electrons. The number of carboxylic acids is 1. The Bertz CT molecular complexity index is 2380. The van der Waals surface area contributed by atoms with Crippen molar-refractivity contribution < 1.29 is 67.0 Å². The average molecular weight is 930 g/mol. The van der Waals surface area contributed by atoms with E-state index >= 15 is 0 Å². The van der Waals surface area contributed by atoms with Crippen LogP contribution in [0, 0.1) is 0 Å². The highest BCUT2D eigenvalue weighted by molar-refractivity contribution is 5.90. The molecule has 1 N–H and O–H groups in total. The van der Waals surface area contributed by atoms with Crippen molar-refractivity contribution in [3.8, 4) is 0 Å². The van der Waals surface area contributed by atoms with Gasteiger partial charge in [-0.25, -0.2) is 19.2 Å². The lowest BCUT2D eigenvalue weighted by atomic mass is 9.97. The van der Waals surface area contributed by atoms with Gasteiger partial charge < -0.3 is 48.0 Å². The van der Waals surface area contributed by atoms with Gasteiger partial charge in [-0.3, -0.25) is 4.79 Å². The Labute approximate surface area is 394 Å². The molecule has 1 heterocycles. The summed E-state index contributed by atoms with van der Waals surface area (Å²) in [5.41, 5.74) is 3.80. The maximum absolute atomic E-state index is 13.6. The van der Waals surface area contributed by atoms with Gasteiger partial charge in [0, 0.05) is 26.1 Å². The molecule has 1 aliphatic heterocycles. The number of unbranched alkanes of at least 4 members (excludes halogenated alkanes) is 2. The van der Waals surface area contributed by atoms with Crippen LogP contribution in [0.5, 0.6) is 0 Å². The maximum Gasteiger partial charge on any atom is 0.410 e. The van der Waals surface area contributed by atoms with Crippen LogP contribution in [0.3, 0.4) is 0 Å². The number of amides is 1. The van der Waals surface area contributed by atoms with Gasteiger partial charge >= 0.3 is 30.0 Å². The molecule has 15 nitrogen and oxygen atoms in total. The first-order valence-electron chi connectivity index (χ1n) is 22.4. The summed E-state index contributed by atoms with van der Waals surface area (Å²) in [6, 6.07) is 42.6. The molecule has 15 heteroatoms. The van der Waals surface area contributed by atoms with Crippen LogP contribution in [0.25, 0.3) is 0 Å². The van der Waals surface area contributed by atoms with Gasteiger partial charge in [0.25, 0.3) is 0 Å². The first kappa shape index (κ1) is 50.2. The van der Waals surface area contributed by atoms with Crippen LogP contribution >= 0.6 is 0 Å². The number of aliphatic carboxylic acids is 1. The molecule has 0 unspecified atom stereocenters. The van der Waals surface area contributed by atoms with Crippen molar-refractivity contribution in [1.82, 2.24) is 4.90 Å². The van der Waals surface area contributed by atoms with Crippen LogP contribution in [0.15, 0.2) is 146 Å². The van der Waals surface area contributed by atoms with E-state index < -0.39 is 60.7 Å². The normalized spacial score (nSPS) is 17.6. The van der Waals surface area contributed by atoms with Crippen molar-refractivity contribution in [3.63, 3.8) is 0 Å². The predicted octanol–water partition coefficient (Wildman–Crippen LogP) is 8.27. The smallest absolute Gasteiger partial charge is 0.410 e. The van der Waals surface area contributed by atoms with Gasteiger partial charge in [0.2, 0.25) is 0 Å². The summed E-state index contributed by atoms with van der Waals surface area (Å²) in [5.74, 6) is -3.80. The highest BCUT2D eigenvalue weighted by atomic mass is 16.7. The van der Waals surface area contributed by atoms with E-state index in [1.807, 2.05) is 66.7 Å². The number of esters is 3. The number of carboxylic acid groups (broad SMARTS) is 1. The summed E-state index contributed by atoms with van der Waals surface area (Å²) >= 11 is 0. The summed E-state index contributed by atoms with van der Waals surface area (Å²) in [6.45, 7) is 2.01. The highest BCUT2D eigenvalue weighted by Gasteiger charge is 2.54. The SMILES string of the molecule is CC(=O)CCC(=O)O[C@H]1[C@H](OCc2ccccc2)[C@@H](OC(=O)c2ccccc2)[C@H](OCCCCCN(Cc2ccccc2)C(=O)OCc2ccc(COC(=O)c3ccccc3)cc2)O[C@H]1C(=O)O. The monoisotopic (exact) mass is 929 g/mol. The third-order valence-electron chi connectivity index (χ3n) is 10.8. The number of rotatable bonds is 24. The van der Waals surface area contributed by atoms with E-state index in [1.165, 1.54) is 6.92 Å². The van der Waals surface area contributed by atoms with Crippen molar-refractivity contribution in [2.75, 3.05) is 13.2 Å². The minimum atomic E-state index is -1.80. The van der Waals surface area contributed by atoms with Crippen molar-refractivity contribution in [3.05, 3.63) is 179 Å². The number of ketones is 1. The van der Waals surface area contributed by atoms with E-state index in [-0.39, 0.29) is 50.6 Å². The molecular formula is C53H55NO14. The van der Waals surface area contributed by atoms with E-state index in [0.29, 0.717) is 43.5 Å². The third-order valence-corrected chi connectivity index (χ3v) is 10.8. The highest BCUT2D eigenvalue weighted by Crippen LogP contribution is 2.31. The van der Waals surface area contributed by atoms with Crippen molar-refractivity contribution in [2.45, 2.75) is 96.1 Å². The fourth-order valence-corrected chi connectivity index (χ4v) is 7.20. The quantitative estimate of drug-likeness (QED) is 0.0353. The Morgan fingerprint density at radius 2 is 1.09 bits per heavy atom. The molecule has 0 aromatic heterocycles. The minimum Gasteiger partial charge on any atom is -0.479 e. The van der Waals surface area contributed by atoms with E-state index in [1.54, 1.807) is 83.8 Å². The van der Waals surface area contributed by atoms with Crippen LogP contribution in [-0.2, 0) is 73.9 Å². The molecule has 5 aromatic carbocycles. The second-order valence-corrected chi connectivity index (χ2v) is 16.1. The first-order chi connectivity index (χ1) is 33.0. The fraction of sp³-hybridized carbons (Fsp3) is 0.321. The molecular weight excluding hydrogens is 875 g/mol. The zero-order chi connectivity index (χ0) is 48.1. The molecule has 5 aromatic rings. The zero-order valence-corrected chi connectivity index (χ0v) is 37.7. The Morgan fingerprint density at radius 1 is 0.544 bits per heavy atom. The summed E-state index contributed by atoms with van der Waals surface area (Å²) in [4.78, 5) is 78.5. The lowest BCUT2D eigenvalue weighted by Crippen LogP contribution is -2.63. The van der Waals surface area contributed by atoms with Gasteiger partial charge in [-0.15, -0.1) is 0 Å². The van der Waals surface area contributed by atoms with Crippen LogP contribution in [0.2, 0.25) is 0 Å². The average Bonchev–Trinajstić information content (AvgIpc) is 3.36. The molecule has 5 atom stereocenters. The fourth-order valence-electron chi connectivity index (χ4n) is 7.20. The summed E-state index contributed by atoms with van der Waals surface area (Å²) < 4.78 is 41.2. The number of carbonyl (C=O) groups is 6. The Balaban J connectivity index is 1.08. The van der Waals surface area contributed by atoms with Gasteiger partial charge in [-0.1, -0.05) is 121 Å². The van der Waals surface area contributed by atoms with Crippen molar-refractivity contribution in [1.29, 1.82) is 0 Å². The van der Waals surface area contributed by atoms with Crippen LogP contribution in [-0.4, -0.2) is 89.6 Å². The van der Waals surface area contributed by atoms with Gasteiger partial charge in [0.1, 0.15) is 25.1 Å². The summed E-state index contributed by atoms with van der Waals surface area (Å²) in [7, 11) is 0. The Morgan fingerprint density at radius 3 is 1.68 bits per heavy atom. The van der Waals surface area contributed by atoms with Gasteiger partial charge in [0.15, 0.2) is 24.6 Å². The number of hydrogen-bond donors (Lipinski definition) is 1. The van der Waals surface area contributed by atoms with E-state index in [0.717, 1.165) is 16.7 Å². The largest absolute Gasteiger partial charge is 0.479 e. The van der Waals surface area contributed by atoms with Gasteiger partial charge in [-0.2, -0.15) is 0 Å². The maximum atomic E-state index is 13.6. The first-order valence-corrected chi connectivity index (χ1v) is 22.4.